The number of fused-ring (bicyclic) bond motifs is 1. The lowest BCUT2D eigenvalue weighted by Crippen LogP contribution is -2.22. The zero-order valence-electron chi connectivity index (χ0n) is 17.4. The van der Waals surface area contributed by atoms with E-state index in [0.29, 0.717) is 22.4 Å². The number of oxazole rings is 1. The molecule has 0 saturated heterocycles. The number of carbonyl (C=O) groups is 1. The Bertz CT molecular complexity index is 1260. The lowest BCUT2D eigenvalue weighted by atomic mass is 10.00. The summed E-state index contributed by atoms with van der Waals surface area (Å²) in [5, 5.41) is 7.94. The highest BCUT2D eigenvalue weighted by molar-refractivity contribution is 6.34. The molecule has 0 unspecified atom stereocenters. The molecule has 3 heterocycles. The highest BCUT2D eigenvalue weighted by Gasteiger charge is 2.22. The number of aryl methyl sites for hydroxylation is 1. The topological polar surface area (TPSA) is 107 Å². The number of halogens is 1. The van der Waals surface area contributed by atoms with Crippen LogP contribution in [0, 0.1) is 6.92 Å². The van der Waals surface area contributed by atoms with E-state index in [-0.39, 0.29) is 11.5 Å². The van der Waals surface area contributed by atoms with Crippen molar-refractivity contribution >= 4 is 34.5 Å². The van der Waals surface area contributed by atoms with E-state index >= 15 is 0 Å². The molecule has 0 aliphatic rings. The third kappa shape index (κ3) is 3.97. The van der Waals surface area contributed by atoms with Crippen molar-refractivity contribution in [1.29, 1.82) is 0 Å². The van der Waals surface area contributed by atoms with Crippen LogP contribution in [0.4, 0.5) is 11.5 Å². The summed E-state index contributed by atoms with van der Waals surface area (Å²) in [5.74, 6) is 1.53. The van der Waals surface area contributed by atoms with Crippen LogP contribution in [-0.4, -0.2) is 32.6 Å². The summed E-state index contributed by atoms with van der Waals surface area (Å²) < 4.78 is 7.51. The fourth-order valence-electron chi connectivity index (χ4n) is 3.42. The molecule has 1 amide bonds. The summed E-state index contributed by atoms with van der Waals surface area (Å²) in [6.07, 6.45) is 5.02. The van der Waals surface area contributed by atoms with Crippen molar-refractivity contribution in [2.75, 3.05) is 12.4 Å². The molecule has 0 atom stereocenters. The molecule has 1 aromatic carbocycles. The van der Waals surface area contributed by atoms with E-state index < -0.39 is 5.91 Å². The average molecular weight is 441 g/mol. The number of nitrogens with one attached hydrogen (secondary N) is 2. The first-order chi connectivity index (χ1) is 14.9. The second kappa shape index (κ2) is 8.37. The van der Waals surface area contributed by atoms with Crippen LogP contribution in [0.3, 0.4) is 0 Å². The number of benzene rings is 1. The number of amides is 1. The highest BCUT2D eigenvalue weighted by Crippen LogP contribution is 2.37. The molecule has 0 bridgehead atoms. The molecule has 0 spiro atoms. The highest BCUT2D eigenvalue weighted by atomic mass is 35.5. The SMILES string of the molecule is CONC(=O)c1cc(Nc2ncnn3cc(-c4ncc(C)o4)c(C(C)C)c23)ccc1Cl. The molecule has 4 aromatic rings. The Morgan fingerprint density at radius 2 is 2.10 bits per heavy atom. The van der Waals surface area contributed by atoms with E-state index in [9.17, 15) is 4.79 Å². The summed E-state index contributed by atoms with van der Waals surface area (Å²) >= 11 is 6.17. The summed E-state index contributed by atoms with van der Waals surface area (Å²) in [4.78, 5) is 25.7. The predicted octanol–water partition coefficient (Wildman–Crippen LogP) is 4.50. The van der Waals surface area contributed by atoms with Gasteiger partial charge in [-0.1, -0.05) is 25.4 Å². The molecule has 160 valence electrons. The Balaban J connectivity index is 1.81. The second-order valence-corrected chi connectivity index (χ2v) is 7.65. The van der Waals surface area contributed by atoms with Crippen LogP contribution in [0.25, 0.3) is 17.0 Å². The molecule has 0 aliphatic carbocycles. The van der Waals surface area contributed by atoms with Gasteiger partial charge in [0.25, 0.3) is 5.91 Å². The van der Waals surface area contributed by atoms with Crippen molar-refractivity contribution in [1.82, 2.24) is 25.1 Å². The van der Waals surface area contributed by atoms with Crippen LogP contribution < -0.4 is 10.8 Å². The Kier molecular flexibility index (Phi) is 5.62. The number of aromatic nitrogens is 4. The van der Waals surface area contributed by atoms with E-state index in [2.05, 4.69) is 39.7 Å². The van der Waals surface area contributed by atoms with Gasteiger partial charge in [-0.2, -0.15) is 5.10 Å². The maximum absolute atomic E-state index is 12.2. The number of hydrogen-bond acceptors (Lipinski definition) is 7. The van der Waals surface area contributed by atoms with E-state index in [4.69, 9.17) is 20.9 Å². The zero-order chi connectivity index (χ0) is 22.1. The van der Waals surface area contributed by atoms with Crippen LogP contribution in [0.2, 0.25) is 5.02 Å². The van der Waals surface area contributed by atoms with Crippen LogP contribution in [0.5, 0.6) is 0 Å². The van der Waals surface area contributed by atoms with Crippen molar-refractivity contribution < 1.29 is 14.0 Å². The number of hydrogen-bond donors (Lipinski definition) is 2. The summed E-state index contributed by atoms with van der Waals surface area (Å²) in [6.45, 7) is 6.02. The number of hydroxylamine groups is 1. The van der Waals surface area contributed by atoms with E-state index in [1.165, 1.54) is 13.4 Å². The molecular formula is C21H21ClN6O3. The van der Waals surface area contributed by atoms with Gasteiger partial charge in [0.2, 0.25) is 5.89 Å². The maximum atomic E-state index is 12.2. The lowest BCUT2D eigenvalue weighted by molar-refractivity contribution is 0.0538. The molecule has 31 heavy (non-hydrogen) atoms. The first kappa shape index (κ1) is 20.8. The van der Waals surface area contributed by atoms with Gasteiger partial charge in [0, 0.05) is 11.9 Å². The minimum absolute atomic E-state index is 0.145. The van der Waals surface area contributed by atoms with Crippen molar-refractivity contribution in [3.8, 4) is 11.5 Å². The number of carbonyl (C=O) groups excluding carboxylic acids is 1. The molecule has 2 N–H and O–H groups in total. The molecule has 3 aromatic heterocycles. The first-order valence-corrected chi connectivity index (χ1v) is 9.95. The molecule has 0 aliphatic heterocycles. The third-order valence-electron chi connectivity index (χ3n) is 4.71. The summed E-state index contributed by atoms with van der Waals surface area (Å²) in [5.41, 5.74) is 5.82. The number of rotatable bonds is 6. The molecule has 4 rings (SSSR count). The van der Waals surface area contributed by atoms with Gasteiger partial charge < -0.3 is 9.73 Å². The number of nitrogens with zero attached hydrogens (tertiary/aromatic N) is 4. The van der Waals surface area contributed by atoms with Gasteiger partial charge in [-0.15, -0.1) is 0 Å². The minimum atomic E-state index is -0.448. The fourth-order valence-corrected chi connectivity index (χ4v) is 3.63. The zero-order valence-corrected chi connectivity index (χ0v) is 18.2. The molecule has 0 saturated carbocycles. The standard InChI is InChI=1S/C21H21ClN6O3/c1-11(2)17-15(21-23-8-12(3)31-21)9-28-18(17)19(24-10-25-28)26-13-5-6-16(22)14(7-13)20(29)27-30-4/h5-11H,1-4H3,(H,27,29)(H,24,25,26). The molecular weight excluding hydrogens is 420 g/mol. The van der Waals surface area contributed by atoms with Crippen LogP contribution in [0.15, 0.2) is 41.3 Å². The monoisotopic (exact) mass is 440 g/mol. The second-order valence-electron chi connectivity index (χ2n) is 7.24. The van der Waals surface area contributed by atoms with Gasteiger partial charge >= 0.3 is 0 Å². The Labute approximate surface area is 183 Å². The normalized spacial score (nSPS) is 11.3. The van der Waals surface area contributed by atoms with Crippen LogP contribution in [-0.2, 0) is 4.84 Å². The largest absolute Gasteiger partial charge is 0.441 e. The van der Waals surface area contributed by atoms with E-state index in [1.54, 1.807) is 28.9 Å². The third-order valence-corrected chi connectivity index (χ3v) is 5.04. The fraction of sp³-hybridized carbons (Fsp3) is 0.238. The lowest BCUT2D eigenvalue weighted by Gasteiger charge is -2.12. The Morgan fingerprint density at radius 3 is 2.77 bits per heavy atom. The van der Waals surface area contributed by atoms with Gasteiger partial charge in [-0.05, 0) is 36.6 Å². The van der Waals surface area contributed by atoms with Crippen LogP contribution in [0.1, 0.15) is 41.4 Å². The minimum Gasteiger partial charge on any atom is -0.441 e. The maximum Gasteiger partial charge on any atom is 0.276 e. The first-order valence-electron chi connectivity index (χ1n) is 9.58. The van der Waals surface area contributed by atoms with Crippen LogP contribution >= 0.6 is 11.6 Å². The van der Waals surface area contributed by atoms with E-state index in [0.717, 1.165) is 22.4 Å². The van der Waals surface area contributed by atoms with Crippen molar-refractivity contribution in [2.24, 2.45) is 0 Å². The molecule has 0 fully saturated rings. The Hall–Kier alpha value is -3.43. The van der Waals surface area contributed by atoms with Gasteiger partial charge in [0.1, 0.15) is 17.6 Å². The van der Waals surface area contributed by atoms with Crippen molar-refractivity contribution in [3.05, 3.63) is 58.8 Å². The molecule has 10 heteroatoms. The average Bonchev–Trinajstić information content (AvgIpc) is 3.33. The van der Waals surface area contributed by atoms with Gasteiger partial charge in [0.05, 0.1) is 29.5 Å². The quantitative estimate of drug-likeness (QED) is 0.425. The summed E-state index contributed by atoms with van der Waals surface area (Å²) in [6, 6.07) is 5.03. The van der Waals surface area contributed by atoms with Gasteiger partial charge in [-0.25, -0.2) is 20.0 Å². The van der Waals surface area contributed by atoms with E-state index in [1.807, 2.05) is 13.1 Å². The molecule has 9 nitrogen and oxygen atoms in total. The summed E-state index contributed by atoms with van der Waals surface area (Å²) in [7, 11) is 1.36. The Morgan fingerprint density at radius 1 is 1.29 bits per heavy atom. The molecule has 0 radical (unpaired) electrons. The smallest absolute Gasteiger partial charge is 0.276 e. The van der Waals surface area contributed by atoms with Crippen molar-refractivity contribution in [2.45, 2.75) is 26.7 Å². The van der Waals surface area contributed by atoms with Gasteiger partial charge in [-0.3, -0.25) is 9.63 Å². The van der Waals surface area contributed by atoms with Crippen molar-refractivity contribution in [3.63, 3.8) is 0 Å². The van der Waals surface area contributed by atoms with Gasteiger partial charge in [0.15, 0.2) is 5.82 Å². The predicted molar refractivity (Wildman–Crippen MR) is 117 cm³/mol. The number of anilines is 2.